The van der Waals surface area contributed by atoms with Crippen molar-refractivity contribution in [2.75, 3.05) is 23.3 Å². The third kappa shape index (κ3) is 3.94. The van der Waals surface area contributed by atoms with Gasteiger partial charge in [-0.3, -0.25) is 0 Å². The number of hydrogen-bond acceptors (Lipinski definition) is 4. The molecule has 1 aliphatic rings. The average molecular weight is 282 g/mol. The van der Waals surface area contributed by atoms with Crippen molar-refractivity contribution < 1.29 is 0 Å². The van der Waals surface area contributed by atoms with E-state index in [-0.39, 0.29) is 0 Å². The number of aromatic nitrogens is 2. The van der Waals surface area contributed by atoms with E-state index in [4.69, 9.17) is 0 Å². The average Bonchev–Trinajstić information content (AvgIpc) is 2.83. The Labute approximate surface area is 126 Å². The van der Waals surface area contributed by atoms with Gasteiger partial charge in [0, 0.05) is 25.8 Å². The number of nitrogens with zero attached hydrogens (tertiary/aromatic N) is 3. The van der Waals surface area contributed by atoms with E-state index in [2.05, 4.69) is 44.5 Å². The largest absolute Gasteiger partial charge is 0.366 e. The summed E-state index contributed by atoms with van der Waals surface area (Å²) in [5.41, 5.74) is 1.26. The minimum Gasteiger partial charge on any atom is -0.366 e. The molecule has 4 heteroatoms. The highest BCUT2D eigenvalue weighted by Gasteiger charge is 2.12. The van der Waals surface area contributed by atoms with E-state index >= 15 is 0 Å². The van der Waals surface area contributed by atoms with E-state index in [1.165, 1.54) is 31.2 Å². The Morgan fingerprint density at radius 2 is 1.71 bits per heavy atom. The number of hydrogen-bond donors (Lipinski definition) is 1. The first-order valence-electron chi connectivity index (χ1n) is 7.77. The van der Waals surface area contributed by atoms with E-state index in [1.54, 1.807) is 0 Å². The second-order valence-electron chi connectivity index (χ2n) is 5.48. The molecular weight excluding hydrogens is 260 g/mol. The summed E-state index contributed by atoms with van der Waals surface area (Å²) in [7, 11) is 0. The molecule has 0 bridgehead atoms. The van der Waals surface area contributed by atoms with Gasteiger partial charge in [-0.15, -0.1) is 0 Å². The first-order valence-corrected chi connectivity index (χ1v) is 7.77. The van der Waals surface area contributed by atoms with Crippen LogP contribution in [0, 0.1) is 0 Å². The second kappa shape index (κ2) is 7.07. The lowest BCUT2D eigenvalue weighted by atomic mass is 10.2. The molecule has 0 unspecified atom stereocenters. The van der Waals surface area contributed by atoms with E-state index in [0.29, 0.717) is 0 Å². The van der Waals surface area contributed by atoms with Gasteiger partial charge in [-0.2, -0.15) is 4.98 Å². The van der Waals surface area contributed by atoms with E-state index in [1.807, 2.05) is 18.3 Å². The highest BCUT2D eigenvalue weighted by atomic mass is 15.3. The maximum atomic E-state index is 4.66. The summed E-state index contributed by atoms with van der Waals surface area (Å²) in [5, 5.41) is 3.38. The smallest absolute Gasteiger partial charge is 0.227 e. The molecule has 0 atom stereocenters. The standard InChI is InChI=1S/C17H22N4/c1-2-7-13-21(12-6-1)17-18-11-10-16(20-17)19-14-15-8-4-3-5-9-15/h3-5,8-11H,1-2,6-7,12-14H2,(H,18,19,20). The number of nitrogens with one attached hydrogen (secondary N) is 1. The fourth-order valence-corrected chi connectivity index (χ4v) is 2.66. The zero-order chi connectivity index (χ0) is 14.3. The fraction of sp³-hybridized carbons (Fsp3) is 0.412. The summed E-state index contributed by atoms with van der Waals surface area (Å²) >= 11 is 0. The molecule has 1 aromatic heterocycles. The molecule has 1 N–H and O–H groups in total. The van der Waals surface area contributed by atoms with Crippen molar-refractivity contribution >= 4 is 11.8 Å². The molecule has 0 amide bonds. The summed E-state index contributed by atoms with van der Waals surface area (Å²) in [6, 6.07) is 12.3. The molecule has 0 saturated carbocycles. The highest BCUT2D eigenvalue weighted by molar-refractivity contribution is 5.41. The Hall–Kier alpha value is -2.10. The van der Waals surface area contributed by atoms with Gasteiger partial charge in [0.15, 0.2) is 0 Å². The second-order valence-corrected chi connectivity index (χ2v) is 5.48. The van der Waals surface area contributed by atoms with Crippen LogP contribution in [-0.2, 0) is 6.54 Å². The number of benzene rings is 1. The zero-order valence-corrected chi connectivity index (χ0v) is 12.3. The van der Waals surface area contributed by atoms with Crippen LogP contribution < -0.4 is 10.2 Å². The van der Waals surface area contributed by atoms with Crippen molar-refractivity contribution in [1.82, 2.24) is 9.97 Å². The summed E-state index contributed by atoms with van der Waals surface area (Å²) < 4.78 is 0. The summed E-state index contributed by atoms with van der Waals surface area (Å²) in [6.45, 7) is 2.93. The Kier molecular flexibility index (Phi) is 4.66. The molecule has 1 saturated heterocycles. The first kappa shape index (κ1) is 13.9. The van der Waals surface area contributed by atoms with Crippen molar-refractivity contribution in [3.63, 3.8) is 0 Å². The molecule has 1 aliphatic heterocycles. The molecule has 0 aliphatic carbocycles. The zero-order valence-electron chi connectivity index (χ0n) is 12.3. The molecular formula is C17H22N4. The van der Waals surface area contributed by atoms with Crippen LogP contribution in [0.2, 0.25) is 0 Å². The Balaban J connectivity index is 1.65. The lowest BCUT2D eigenvalue weighted by Gasteiger charge is -2.20. The monoisotopic (exact) mass is 282 g/mol. The summed E-state index contributed by atoms with van der Waals surface area (Å²) in [4.78, 5) is 11.4. The lowest BCUT2D eigenvalue weighted by molar-refractivity contribution is 0.726. The molecule has 3 rings (SSSR count). The third-order valence-electron chi connectivity index (χ3n) is 3.85. The molecule has 4 nitrogen and oxygen atoms in total. The van der Waals surface area contributed by atoms with Gasteiger partial charge >= 0.3 is 0 Å². The Morgan fingerprint density at radius 3 is 2.48 bits per heavy atom. The predicted molar refractivity (Wildman–Crippen MR) is 86.5 cm³/mol. The predicted octanol–water partition coefficient (Wildman–Crippen LogP) is 3.47. The van der Waals surface area contributed by atoms with E-state index in [9.17, 15) is 0 Å². The number of rotatable bonds is 4. The highest BCUT2D eigenvalue weighted by Crippen LogP contribution is 2.17. The van der Waals surface area contributed by atoms with Crippen LogP contribution in [0.3, 0.4) is 0 Å². The van der Waals surface area contributed by atoms with Crippen molar-refractivity contribution in [2.45, 2.75) is 32.2 Å². The van der Waals surface area contributed by atoms with Gasteiger partial charge in [0.1, 0.15) is 5.82 Å². The maximum absolute atomic E-state index is 4.66. The van der Waals surface area contributed by atoms with Crippen LogP contribution in [0.4, 0.5) is 11.8 Å². The molecule has 0 spiro atoms. The number of anilines is 2. The molecule has 2 heterocycles. The minimum atomic E-state index is 0.789. The van der Waals surface area contributed by atoms with Gasteiger partial charge in [0.05, 0.1) is 0 Å². The Morgan fingerprint density at radius 1 is 0.952 bits per heavy atom. The van der Waals surface area contributed by atoms with Crippen LogP contribution in [0.1, 0.15) is 31.2 Å². The molecule has 1 aromatic carbocycles. The topological polar surface area (TPSA) is 41.1 Å². The van der Waals surface area contributed by atoms with Crippen molar-refractivity contribution in [3.8, 4) is 0 Å². The van der Waals surface area contributed by atoms with E-state index in [0.717, 1.165) is 31.4 Å². The molecule has 110 valence electrons. The van der Waals surface area contributed by atoms with Crippen molar-refractivity contribution in [1.29, 1.82) is 0 Å². The maximum Gasteiger partial charge on any atom is 0.227 e. The van der Waals surface area contributed by atoms with Crippen LogP contribution >= 0.6 is 0 Å². The van der Waals surface area contributed by atoms with Gasteiger partial charge in [-0.1, -0.05) is 43.2 Å². The molecule has 0 radical (unpaired) electrons. The first-order chi connectivity index (χ1) is 10.4. The van der Waals surface area contributed by atoms with Gasteiger partial charge in [0.2, 0.25) is 5.95 Å². The molecule has 1 fully saturated rings. The quantitative estimate of drug-likeness (QED) is 0.932. The van der Waals surface area contributed by atoms with Crippen LogP contribution in [0.15, 0.2) is 42.6 Å². The van der Waals surface area contributed by atoms with Crippen LogP contribution in [-0.4, -0.2) is 23.1 Å². The molecule has 21 heavy (non-hydrogen) atoms. The van der Waals surface area contributed by atoms with Crippen LogP contribution in [0.5, 0.6) is 0 Å². The third-order valence-corrected chi connectivity index (χ3v) is 3.85. The van der Waals surface area contributed by atoms with Crippen molar-refractivity contribution in [3.05, 3.63) is 48.2 Å². The molecule has 2 aromatic rings. The fourth-order valence-electron chi connectivity index (χ4n) is 2.66. The normalized spacial score (nSPS) is 15.5. The van der Waals surface area contributed by atoms with Gasteiger partial charge in [-0.05, 0) is 24.5 Å². The lowest BCUT2D eigenvalue weighted by Crippen LogP contribution is -2.26. The van der Waals surface area contributed by atoms with Gasteiger partial charge < -0.3 is 10.2 Å². The summed E-state index contributed by atoms with van der Waals surface area (Å²) in [5.74, 6) is 1.75. The van der Waals surface area contributed by atoms with Crippen molar-refractivity contribution in [2.24, 2.45) is 0 Å². The SMILES string of the molecule is c1ccc(CNc2ccnc(N3CCCCCC3)n2)cc1. The van der Waals surface area contributed by atoms with Crippen LogP contribution in [0.25, 0.3) is 0 Å². The Bertz CT molecular complexity index is 548. The summed E-state index contributed by atoms with van der Waals surface area (Å²) in [6.07, 6.45) is 6.97. The minimum absolute atomic E-state index is 0.789. The van der Waals surface area contributed by atoms with Gasteiger partial charge in [-0.25, -0.2) is 4.98 Å². The van der Waals surface area contributed by atoms with E-state index < -0.39 is 0 Å². The van der Waals surface area contributed by atoms with Gasteiger partial charge in [0.25, 0.3) is 0 Å².